The molecule has 0 bridgehead atoms. The largest absolute Gasteiger partial charge is 0.393 e. The van der Waals surface area contributed by atoms with Crippen LogP contribution in [0.3, 0.4) is 0 Å². The molecule has 1 N–H and O–H groups in total. The van der Waals surface area contributed by atoms with Crippen molar-refractivity contribution < 1.29 is 5.11 Å². The first-order chi connectivity index (χ1) is 14.3. The van der Waals surface area contributed by atoms with E-state index in [4.69, 9.17) is 0 Å². The summed E-state index contributed by atoms with van der Waals surface area (Å²) in [5.74, 6) is 0.236. The lowest BCUT2D eigenvalue weighted by molar-refractivity contribution is 0.0320. The minimum atomic E-state index is -0.272. The highest BCUT2D eigenvalue weighted by Gasteiger charge is 2.39. The molecule has 150 valence electrons. The summed E-state index contributed by atoms with van der Waals surface area (Å²) in [6.45, 7) is 3.92. The van der Waals surface area contributed by atoms with Crippen LogP contribution in [0.2, 0.25) is 0 Å². The molecule has 0 aromatic heterocycles. The molecule has 0 saturated heterocycles. The van der Waals surface area contributed by atoms with Gasteiger partial charge in [-0.1, -0.05) is 98.3 Å². The quantitative estimate of drug-likeness (QED) is 0.532. The summed E-state index contributed by atoms with van der Waals surface area (Å²) in [4.78, 5) is 2.57. The van der Waals surface area contributed by atoms with Gasteiger partial charge >= 0.3 is 0 Å². The third-order valence-corrected chi connectivity index (χ3v) is 6.16. The zero-order valence-electron chi connectivity index (χ0n) is 17.2. The standard InChI is InChI=1S/C27H31NO/c1-2-11-26(29)25-18-23-16-9-10-17-24(23)27(25)28(19-21-12-5-3-6-13-21)20-22-14-7-4-8-15-22/h3-10,12-17,25-27,29H,2,11,18-20H2,1H3/t25-,26+,27+/m1/s1. The Kier molecular flexibility index (Phi) is 6.43. The highest BCUT2D eigenvalue weighted by atomic mass is 16.3. The van der Waals surface area contributed by atoms with Crippen molar-refractivity contribution in [2.24, 2.45) is 5.92 Å². The summed E-state index contributed by atoms with van der Waals surface area (Å²) in [5.41, 5.74) is 5.41. The molecule has 0 saturated carbocycles. The van der Waals surface area contributed by atoms with Crippen molar-refractivity contribution >= 4 is 0 Å². The van der Waals surface area contributed by atoms with Gasteiger partial charge in [0.15, 0.2) is 0 Å². The maximum atomic E-state index is 11.0. The van der Waals surface area contributed by atoms with Gasteiger partial charge in [0.1, 0.15) is 0 Å². The molecule has 4 rings (SSSR count). The Hall–Kier alpha value is -2.42. The summed E-state index contributed by atoms with van der Waals surface area (Å²) in [6, 6.07) is 30.4. The molecule has 3 atom stereocenters. The van der Waals surface area contributed by atoms with Crippen molar-refractivity contribution in [1.29, 1.82) is 0 Å². The number of aliphatic hydroxyl groups excluding tert-OH is 1. The van der Waals surface area contributed by atoms with E-state index in [1.54, 1.807) is 0 Å². The lowest BCUT2D eigenvalue weighted by Crippen LogP contribution is -2.36. The van der Waals surface area contributed by atoms with Gasteiger partial charge in [-0.05, 0) is 35.1 Å². The van der Waals surface area contributed by atoms with Crippen LogP contribution in [0.15, 0.2) is 84.9 Å². The average Bonchev–Trinajstić information content (AvgIpc) is 3.15. The van der Waals surface area contributed by atoms with E-state index < -0.39 is 0 Å². The van der Waals surface area contributed by atoms with Gasteiger partial charge in [-0.25, -0.2) is 0 Å². The minimum Gasteiger partial charge on any atom is -0.393 e. The minimum absolute atomic E-state index is 0.230. The van der Waals surface area contributed by atoms with E-state index in [9.17, 15) is 5.11 Å². The van der Waals surface area contributed by atoms with Crippen LogP contribution in [0.1, 0.15) is 48.1 Å². The van der Waals surface area contributed by atoms with E-state index >= 15 is 0 Å². The van der Waals surface area contributed by atoms with Gasteiger partial charge < -0.3 is 5.11 Å². The lowest BCUT2D eigenvalue weighted by atomic mass is 9.90. The number of aliphatic hydroxyl groups is 1. The third kappa shape index (κ3) is 4.60. The normalized spacial score (nSPS) is 19.3. The summed E-state index contributed by atoms with van der Waals surface area (Å²) in [7, 11) is 0. The fraction of sp³-hybridized carbons (Fsp3) is 0.333. The van der Waals surface area contributed by atoms with Crippen molar-refractivity contribution in [3.8, 4) is 0 Å². The summed E-state index contributed by atoms with van der Waals surface area (Å²) < 4.78 is 0. The highest BCUT2D eigenvalue weighted by molar-refractivity contribution is 5.37. The number of hydrogen-bond donors (Lipinski definition) is 1. The Labute approximate surface area is 174 Å². The molecule has 1 aliphatic rings. The number of hydrogen-bond acceptors (Lipinski definition) is 2. The number of rotatable bonds is 8. The Morgan fingerprint density at radius 1 is 0.828 bits per heavy atom. The van der Waals surface area contributed by atoms with Crippen LogP contribution in [0.4, 0.5) is 0 Å². The average molecular weight is 386 g/mol. The van der Waals surface area contributed by atoms with Gasteiger partial charge in [0.25, 0.3) is 0 Å². The van der Waals surface area contributed by atoms with Crippen LogP contribution in [0, 0.1) is 5.92 Å². The molecule has 1 aliphatic carbocycles. The molecular weight excluding hydrogens is 354 g/mol. The summed E-state index contributed by atoms with van der Waals surface area (Å²) >= 11 is 0. The SMILES string of the molecule is CCC[C@H](O)[C@H]1Cc2ccccc2[C@@H]1N(Cc1ccccc1)Cc1ccccc1. The first kappa shape index (κ1) is 19.9. The zero-order valence-corrected chi connectivity index (χ0v) is 17.2. The van der Waals surface area contributed by atoms with Gasteiger partial charge in [-0.3, -0.25) is 4.90 Å². The lowest BCUT2D eigenvalue weighted by Gasteiger charge is -2.36. The molecule has 0 amide bonds. The Morgan fingerprint density at radius 2 is 1.38 bits per heavy atom. The second-order valence-corrected chi connectivity index (χ2v) is 8.24. The molecule has 2 nitrogen and oxygen atoms in total. The van der Waals surface area contributed by atoms with E-state index in [2.05, 4.69) is 96.8 Å². The third-order valence-electron chi connectivity index (χ3n) is 6.16. The maximum Gasteiger partial charge on any atom is 0.0589 e. The van der Waals surface area contributed by atoms with Crippen LogP contribution in [-0.2, 0) is 19.5 Å². The zero-order chi connectivity index (χ0) is 20.1. The topological polar surface area (TPSA) is 23.5 Å². The predicted octanol–water partition coefficient (Wildman–Crippen LogP) is 5.76. The van der Waals surface area contributed by atoms with Crippen molar-refractivity contribution in [1.82, 2.24) is 4.90 Å². The highest BCUT2D eigenvalue weighted by Crippen LogP contribution is 2.44. The van der Waals surface area contributed by atoms with E-state index in [-0.39, 0.29) is 18.1 Å². The smallest absolute Gasteiger partial charge is 0.0589 e. The van der Waals surface area contributed by atoms with E-state index in [0.29, 0.717) is 0 Å². The molecular formula is C27H31NO. The van der Waals surface area contributed by atoms with Crippen molar-refractivity contribution in [3.63, 3.8) is 0 Å². The molecule has 3 aromatic carbocycles. The molecule has 0 unspecified atom stereocenters. The van der Waals surface area contributed by atoms with Gasteiger partial charge in [-0.2, -0.15) is 0 Å². The van der Waals surface area contributed by atoms with Crippen LogP contribution in [0.5, 0.6) is 0 Å². The van der Waals surface area contributed by atoms with Crippen molar-refractivity contribution in [3.05, 3.63) is 107 Å². The van der Waals surface area contributed by atoms with Gasteiger partial charge in [0.05, 0.1) is 6.10 Å². The Balaban J connectivity index is 1.71. The molecule has 0 aliphatic heterocycles. The van der Waals surface area contributed by atoms with E-state index in [1.807, 2.05) is 0 Å². The van der Waals surface area contributed by atoms with E-state index in [0.717, 1.165) is 32.4 Å². The molecule has 3 aromatic rings. The van der Waals surface area contributed by atoms with Crippen LogP contribution >= 0.6 is 0 Å². The van der Waals surface area contributed by atoms with Crippen molar-refractivity contribution in [2.45, 2.75) is 51.4 Å². The molecule has 0 spiro atoms. The van der Waals surface area contributed by atoms with Gasteiger partial charge in [0, 0.05) is 25.0 Å². The molecule has 2 heteroatoms. The maximum absolute atomic E-state index is 11.0. The first-order valence-corrected chi connectivity index (χ1v) is 10.8. The number of fused-ring (bicyclic) bond motifs is 1. The Morgan fingerprint density at radius 3 is 1.97 bits per heavy atom. The van der Waals surface area contributed by atoms with Gasteiger partial charge in [0.2, 0.25) is 0 Å². The number of benzene rings is 3. The first-order valence-electron chi connectivity index (χ1n) is 10.8. The molecule has 29 heavy (non-hydrogen) atoms. The predicted molar refractivity (Wildman–Crippen MR) is 119 cm³/mol. The summed E-state index contributed by atoms with van der Waals surface area (Å²) in [6.07, 6.45) is 2.56. The molecule has 0 heterocycles. The Bertz CT molecular complexity index is 851. The fourth-order valence-corrected chi connectivity index (χ4v) is 4.82. The van der Waals surface area contributed by atoms with E-state index in [1.165, 1.54) is 22.3 Å². The second-order valence-electron chi connectivity index (χ2n) is 8.24. The van der Waals surface area contributed by atoms with Crippen LogP contribution < -0.4 is 0 Å². The monoisotopic (exact) mass is 385 g/mol. The van der Waals surface area contributed by atoms with Crippen molar-refractivity contribution in [2.75, 3.05) is 0 Å². The van der Waals surface area contributed by atoms with Crippen LogP contribution in [0.25, 0.3) is 0 Å². The van der Waals surface area contributed by atoms with Gasteiger partial charge in [-0.15, -0.1) is 0 Å². The van der Waals surface area contributed by atoms with Crippen LogP contribution in [-0.4, -0.2) is 16.1 Å². The molecule has 0 fully saturated rings. The second kappa shape index (κ2) is 9.39. The number of nitrogens with zero attached hydrogens (tertiary/aromatic N) is 1. The fourth-order valence-electron chi connectivity index (χ4n) is 4.82. The molecule has 0 radical (unpaired) electrons. The summed E-state index contributed by atoms with van der Waals surface area (Å²) in [5, 5.41) is 11.0.